The second-order valence-electron chi connectivity index (χ2n) is 8.28. The number of rotatable bonds is 6. The molecule has 0 atom stereocenters. The maximum Gasteiger partial charge on any atom is 0.346 e. The Kier molecular flexibility index (Phi) is 5.42. The van der Waals surface area contributed by atoms with Gasteiger partial charge in [0.2, 0.25) is 0 Å². The van der Waals surface area contributed by atoms with Crippen molar-refractivity contribution in [2.24, 2.45) is 0 Å². The molecule has 160 valence electrons. The summed E-state index contributed by atoms with van der Waals surface area (Å²) in [6.45, 7) is 5.98. The maximum atomic E-state index is 12.9. The van der Waals surface area contributed by atoms with Crippen LogP contribution in [0.25, 0.3) is 11.0 Å². The van der Waals surface area contributed by atoms with Crippen LogP contribution < -0.4 is 5.69 Å². The monoisotopic (exact) mass is 416 g/mol. The lowest BCUT2D eigenvalue weighted by Crippen LogP contribution is -2.34. The molecular weight excluding hydrogens is 388 g/mol. The van der Waals surface area contributed by atoms with Crippen molar-refractivity contribution < 1.29 is 0 Å². The van der Waals surface area contributed by atoms with Crippen molar-refractivity contribution in [1.29, 1.82) is 0 Å². The molecular formula is C24H28N6O. The molecule has 0 radical (unpaired) electrons. The van der Waals surface area contributed by atoms with Crippen molar-refractivity contribution in [2.75, 3.05) is 13.1 Å². The van der Waals surface area contributed by atoms with Crippen LogP contribution in [0.5, 0.6) is 0 Å². The molecule has 1 saturated heterocycles. The third-order valence-corrected chi connectivity index (χ3v) is 6.21. The van der Waals surface area contributed by atoms with Gasteiger partial charge >= 0.3 is 5.69 Å². The predicted octanol–water partition coefficient (Wildman–Crippen LogP) is 3.37. The number of nitrogens with zero attached hydrogens (tertiary/aromatic N) is 5. The van der Waals surface area contributed by atoms with Gasteiger partial charge in [-0.1, -0.05) is 42.5 Å². The Morgan fingerprint density at radius 2 is 1.74 bits per heavy atom. The van der Waals surface area contributed by atoms with Crippen LogP contribution in [0.4, 0.5) is 0 Å². The second-order valence-corrected chi connectivity index (χ2v) is 8.28. The van der Waals surface area contributed by atoms with Gasteiger partial charge in [-0.3, -0.25) is 9.47 Å². The molecule has 31 heavy (non-hydrogen) atoms. The largest absolute Gasteiger partial charge is 0.346 e. The molecule has 1 aliphatic rings. The molecule has 1 aliphatic heterocycles. The highest BCUT2D eigenvalue weighted by atomic mass is 16.2. The Hall–Kier alpha value is -3.19. The number of fused-ring (bicyclic) bond motifs is 1. The molecule has 2 aromatic heterocycles. The molecule has 2 aromatic carbocycles. The van der Waals surface area contributed by atoms with E-state index in [9.17, 15) is 4.79 Å². The fourth-order valence-corrected chi connectivity index (χ4v) is 4.56. The van der Waals surface area contributed by atoms with Crippen LogP contribution >= 0.6 is 0 Å². The SMILES string of the molecule is CCn1c(C2CCN(Cc3nc4ccccc4[nH]3)CC2)nn(Cc2ccccc2)c1=O. The van der Waals surface area contributed by atoms with Gasteiger partial charge in [0.25, 0.3) is 0 Å². The van der Waals surface area contributed by atoms with Gasteiger partial charge in [0, 0.05) is 12.5 Å². The van der Waals surface area contributed by atoms with E-state index in [1.807, 2.05) is 60.0 Å². The van der Waals surface area contributed by atoms with Crippen molar-refractivity contribution in [3.05, 3.63) is 82.3 Å². The summed E-state index contributed by atoms with van der Waals surface area (Å²) in [5.41, 5.74) is 3.19. The molecule has 4 aromatic rings. The first-order valence-corrected chi connectivity index (χ1v) is 11.1. The summed E-state index contributed by atoms with van der Waals surface area (Å²) in [6.07, 6.45) is 2.00. The number of imidazole rings is 1. The molecule has 0 bridgehead atoms. The van der Waals surface area contributed by atoms with Gasteiger partial charge in [0.05, 0.1) is 24.1 Å². The lowest BCUT2D eigenvalue weighted by Gasteiger charge is -2.30. The van der Waals surface area contributed by atoms with E-state index in [4.69, 9.17) is 10.1 Å². The van der Waals surface area contributed by atoms with Crippen molar-refractivity contribution in [3.8, 4) is 0 Å². The smallest absolute Gasteiger partial charge is 0.341 e. The highest BCUT2D eigenvalue weighted by Gasteiger charge is 2.26. The van der Waals surface area contributed by atoms with E-state index >= 15 is 0 Å². The number of aromatic amines is 1. The van der Waals surface area contributed by atoms with Crippen molar-refractivity contribution >= 4 is 11.0 Å². The van der Waals surface area contributed by atoms with Crippen LogP contribution in [0, 0.1) is 0 Å². The molecule has 7 heteroatoms. The average Bonchev–Trinajstić information content (AvgIpc) is 3.35. The summed E-state index contributed by atoms with van der Waals surface area (Å²) in [7, 11) is 0. The Morgan fingerprint density at radius 3 is 2.48 bits per heavy atom. The fraction of sp³-hybridized carbons (Fsp3) is 0.375. The lowest BCUT2D eigenvalue weighted by atomic mass is 9.96. The number of hydrogen-bond acceptors (Lipinski definition) is 4. The molecule has 7 nitrogen and oxygen atoms in total. The zero-order valence-electron chi connectivity index (χ0n) is 17.9. The molecule has 1 fully saturated rings. The van der Waals surface area contributed by atoms with E-state index in [1.54, 1.807) is 4.68 Å². The Balaban J connectivity index is 1.27. The van der Waals surface area contributed by atoms with Gasteiger partial charge in [-0.15, -0.1) is 0 Å². The summed E-state index contributed by atoms with van der Waals surface area (Å²) in [4.78, 5) is 23.5. The van der Waals surface area contributed by atoms with Crippen molar-refractivity contribution in [2.45, 2.75) is 45.3 Å². The Morgan fingerprint density at radius 1 is 1.00 bits per heavy atom. The topological polar surface area (TPSA) is 71.7 Å². The van der Waals surface area contributed by atoms with Gasteiger partial charge in [0.1, 0.15) is 11.6 Å². The molecule has 0 aliphatic carbocycles. The van der Waals surface area contributed by atoms with E-state index in [0.29, 0.717) is 19.0 Å². The molecule has 3 heterocycles. The van der Waals surface area contributed by atoms with Crippen LogP contribution in [0.15, 0.2) is 59.4 Å². The fourth-order valence-electron chi connectivity index (χ4n) is 4.56. The van der Waals surface area contributed by atoms with E-state index in [2.05, 4.69) is 16.0 Å². The first kappa shape index (κ1) is 19.8. The Bertz CT molecular complexity index is 1180. The molecule has 0 spiro atoms. The van der Waals surface area contributed by atoms with Gasteiger partial charge in [-0.25, -0.2) is 14.5 Å². The van der Waals surface area contributed by atoms with Crippen LogP contribution in [0.2, 0.25) is 0 Å². The summed E-state index contributed by atoms with van der Waals surface area (Å²) < 4.78 is 3.47. The first-order chi connectivity index (χ1) is 15.2. The Labute approximate surface area is 181 Å². The van der Waals surface area contributed by atoms with Crippen LogP contribution in [-0.4, -0.2) is 42.3 Å². The highest BCUT2D eigenvalue weighted by molar-refractivity contribution is 5.74. The van der Waals surface area contributed by atoms with Crippen LogP contribution in [0.3, 0.4) is 0 Å². The normalized spacial score (nSPS) is 15.6. The summed E-state index contributed by atoms with van der Waals surface area (Å²) in [5.74, 6) is 2.26. The zero-order chi connectivity index (χ0) is 21.2. The molecule has 0 unspecified atom stereocenters. The number of benzene rings is 2. The second kappa shape index (κ2) is 8.51. The summed E-state index contributed by atoms with van der Waals surface area (Å²) in [5, 5.41) is 4.77. The quantitative estimate of drug-likeness (QED) is 0.523. The minimum absolute atomic E-state index is 0.00828. The summed E-state index contributed by atoms with van der Waals surface area (Å²) >= 11 is 0. The van der Waals surface area contributed by atoms with E-state index < -0.39 is 0 Å². The number of piperidine rings is 1. The standard InChI is InChI=1S/C24H28N6O/c1-2-29-23(27-30(24(29)31)16-18-8-4-3-5-9-18)19-12-14-28(15-13-19)17-22-25-20-10-6-7-11-21(20)26-22/h3-11,19H,2,12-17H2,1H3,(H,25,26). The lowest BCUT2D eigenvalue weighted by molar-refractivity contribution is 0.196. The minimum atomic E-state index is -0.00828. The average molecular weight is 417 g/mol. The number of hydrogen-bond donors (Lipinski definition) is 1. The van der Waals surface area contributed by atoms with E-state index in [0.717, 1.165) is 60.7 Å². The van der Waals surface area contributed by atoms with Gasteiger partial charge in [0.15, 0.2) is 0 Å². The van der Waals surface area contributed by atoms with Gasteiger partial charge in [-0.05, 0) is 50.6 Å². The number of para-hydroxylation sites is 2. The molecule has 0 amide bonds. The number of nitrogens with one attached hydrogen (secondary N) is 1. The van der Waals surface area contributed by atoms with Crippen molar-refractivity contribution in [1.82, 2.24) is 29.2 Å². The molecule has 1 N–H and O–H groups in total. The third-order valence-electron chi connectivity index (χ3n) is 6.21. The van der Waals surface area contributed by atoms with Crippen LogP contribution in [0.1, 0.15) is 42.9 Å². The van der Waals surface area contributed by atoms with Gasteiger partial charge in [-0.2, -0.15) is 5.10 Å². The first-order valence-electron chi connectivity index (χ1n) is 11.1. The number of aromatic nitrogens is 5. The van der Waals surface area contributed by atoms with E-state index in [-0.39, 0.29) is 5.69 Å². The molecule has 5 rings (SSSR count). The van der Waals surface area contributed by atoms with Crippen molar-refractivity contribution in [3.63, 3.8) is 0 Å². The predicted molar refractivity (Wildman–Crippen MR) is 121 cm³/mol. The third kappa shape index (κ3) is 4.05. The number of H-pyrrole nitrogens is 1. The zero-order valence-corrected chi connectivity index (χ0v) is 17.9. The maximum absolute atomic E-state index is 12.9. The van der Waals surface area contributed by atoms with E-state index in [1.165, 1.54) is 0 Å². The van der Waals surface area contributed by atoms with Gasteiger partial charge < -0.3 is 4.98 Å². The summed E-state index contributed by atoms with van der Waals surface area (Å²) in [6, 6.07) is 18.2. The number of likely N-dealkylation sites (tertiary alicyclic amines) is 1. The molecule has 0 saturated carbocycles. The van der Waals surface area contributed by atoms with Crippen LogP contribution in [-0.2, 0) is 19.6 Å². The minimum Gasteiger partial charge on any atom is -0.341 e. The highest BCUT2D eigenvalue weighted by Crippen LogP contribution is 2.27.